The number of esters is 1. The van der Waals surface area contributed by atoms with Gasteiger partial charge >= 0.3 is 5.97 Å². The molecule has 0 bridgehead atoms. The van der Waals surface area contributed by atoms with Gasteiger partial charge in [0.25, 0.3) is 0 Å². The number of hydrogen-bond donors (Lipinski definition) is 0. The first-order chi connectivity index (χ1) is 16.4. The van der Waals surface area contributed by atoms with Crippen molar-refractivity contribution in [3.63, 3.8) is 0 Å². The summed E-state index contributed by atoms with van der Waals surface area (Å²) in [6.45, 7) is 0.0475. The third-order valence-electron chi connectivity index (χ3n) is 5.25. The highest BCUT2D eigenvalue weighted by atomic mass is 35.5. The van der Waals surface area contributed by atoms with Crippen molar-refractivity contribution < 1.29 is 23.7 Å². The molecule has 0 aliphatic heterocycles. The number of pyridine rings is 1. The van der Waals surface area contributed by atoms with Gasteiger partial charge in [-0.3, -0.25) is 0 Å². The molecule has 1 aromatic heterocycles. The van der Waals surface area contributed by atoms with Crippen molar-refractivity contribution in [1.82, 2.24) is 4.98 Å². The number of fused-ring (bicyclic) bond motifs is 1. The van der Waals surface area contributed by atoms with Gasteiger partial charge in [0.15, 0.2) is 11.5 Å². The normalized spacial score (nSPS) is 10.7. The van der Waals surface area contributed by atoms with Gasteiger partial charge in [-0.05, 0) is 42.0 Å². The number of carbonyl (C=O) groups is 1. The van der Waals surface area contributed by atoms with E-state index in [9.17, 15) is 4.79 Å². The lowest BCUT2D eigenvalue weighted by molar-refractivity contribution is 0.0475. The molecule has 0 fully saturated rings. The van der Waals surface area contributed by atoms with Crippen LogP contribution in [0.3, 0.4) is 0 Å². The van der Waals surface area contributed by atoms with Gasteiger partial charge in [0.2, 0.25) is 5.75 Å². The van der Waals surface area contributed by atoms with Crippen LogP contribution in [0.25, 0.3) is 22.2 Å². The minimum absolute atomic E-state index is 0.0475. The number of aromatic nitrogens is 1. The Morgan fingerprint density at radius 3 is 2.21 bits per heavy atom. The molecule has 0 saturated heterocycles. The van der Waals surface area contributed by atoms with Crippen LogP contribution in [0.15, 0.2) is 60.7 Å². The molecule has 0 aliphatic rings. The molecule has 0 spiro atoms. The fourth-order valence-electron chi connectivity index (χ4n) is 3.58. The van der Waals surface area contributed by atoms with E-state index in [1.165, 1.54) is 7.11 Å². The minimum atomic E-state index is -0.488. The molecular formula is C26H21Cl2NO5. The van der Waals surface area contributed by atoms with Crippen LogP contribution in [0.5, 0.6) is 17.2 Å². The number of halogens is 2. The Morgan fingerprint density at radius 1 is 0.853 bits per heavy atom. The Hall–Kier alpha value is -3.48. The van der Waals surface area contributed by atoms with Crippen molar-refractivity contribution >= 4 is 40.1 Å². The molecule has 0 N–H and O–H groups in total. The standard InChI is InChI=1S/C26H21Cl2NO5/c1-31-23-11-16(12-24(32-2)25(23)33-3)22-13-18(17-6-4-5-7-21(17)29-22)26(30)34-14-15-8-9-19(27)20(28)10-15/h4-13H,14H2,1-3H3. The van der Waals surface area contributed by atoms with Crippen LogP contribution in [0.4, 0.5) is 0 Å². The van der Waals surface area contributed by atoms with E-state index in [2.05, 4.69) is 0 Å². The first kappa shape index (κ1) is 23.7. The molecule has 0 atom stereocenters. The Balaban J connectivity index is 1.75. The quantitative estimate of drug-likeness (QED) is 0.268. The maximum absolute atomic E-state index is 13.1. The summed E-state index contributed by atoms with van der Waals surface area (Å²) in [6.07, 6.45) is 0. The number of carbonyl (C=O) groups excluding carboxylic acids is 1. The average Bonchev–Trinajstić information content (AvgIpc) is 2.87. The smallest absolute Gasteiger partial charge is 0.339 e. The number of benzene rings is 3. The van der Waals surface area contributed by atoms with E-state index in [1.807, 2.05) is 24.3 Å². The molecule has 0 radical (unpaired) electrons. The SMILES string of the molecule is COc1cc(-c2cc(C(=O)OCc3ccc(Cl)c(Cl)c3)c3ccccc3n2)cc(OC)c1OC. The van der Waals surface area contributed by atoms with E-state index in [1.54, 1.807) is 50.6 Å². The largest absolute Gasteiger partial charge is 0.493 e. The van der Waals surface area contributed by atoms with Crippen molar-refractivity contribution in [2.24, 2.45) is 0 Å². The maximum Gasteiger partial charge on any atom is 0.339 e. The molecular weight excluding hydrogens is 477 g/mol. The summed E-state index contributed by atoms with van der Waals surface area (Å²) in [5.41, 5.74) is 3.01. The van der Waals surface area contributed by atoms with Crippen LogP contribution < -0.4 is 14.2 Å². The monoisotopic (exact) mass is 497 g/mol. The van der Waals surface area contributed by atoms with E-state index in [4.69, 9.17) is 47.1 Å². The van der Waals surface area contributed by atoms with E-state index in [-0.39, 0.29) is 6.61 Å². The van der Waals surface area contributed by atoms with Crippen LogP contribution in [-0.4, -0.2) is 32.3 Å². The summed E-state index contributed by atoms with van der Waals surface area (Å²) in [7, 11) is 4.62. The predicted octanol–water partition coefficient (Wildman–Crippen LogP) is 6.59. The number of para-hydroxylation sites is 1. The van der Waals surface area contributed by atoms with Gasteiger partial charge in [-0.25, -0.2) is 9.78 Å². The van der Waals surface area contributed by atoms with Crippen molar-refractivity contribution in [3.05, 3.63) is 81.8 Å². The molecule has 0 aliphatic carbocycles. The van der Waals surface area contributed by atoms with Gasteiger partial charge < -0.3 is 18.9 Å². The third-order valence-corrected chi connectivity index (χ3v) is 5.99. The van der Waals surface area contributed by atoms with Crippen LogP contribution in [0, 0.1) is 0 Å². The zero-order chi connectivity index (χ0) is 24.2. The second kappa shape index (κ2) is 10.2. The molecule has 1 heterocycles. The summed E-state index contributed by atoms with van der Waals surface area (Å²) in [4.78, 5) is 17.9. The van der Waals surface area contributed by atoms with Crippen LogP contribution in [0.1, 0.15) is 15.9 Å². The number of methoxy groups -OCH3 is 3. The molecule has 8 heteroatoms. The minimum Gasteiger partial charge on any atom is -0.493 e. The molecule has 3 aromatic carbocycles. The van der Waals surface area contributed by atoms with Crippen LogP contribution in [0.2, 0.25) is 10.0 Å². The average molecular weight is 498 g/mol. The summed E-state index contributed by atoms with van der Waals surface area (Å²) in [5.74, 6) is 0.945. The van der Waals surface area contributed by atoms with Crippen molar-refractivity contribution in [1.29, 1.82) is 0 Å². The van der Waals surface area contributed by atoms with E-state index in [0.717, 1.165) is 5.56 Å². The topological polar surface area (TPSA) is 66.9 Å². The second-order valence-electron chi connectivity index (χ2n) is 7.31. The molecule has 6 nitrogen and oxygen atoms in total. The van der Waals surface area contributed by atoms with Gasteiger partial charge in [-0.1, -0.05) is 47.5 Å². The second-order valence-corrected chi connectivity index (χ2v) is 8.13. The fraction of sp³-hybridized carbons (Fsp3) is 0.154. The van der Waals surface area contributed by atoms with Crippen molar-refractivity contribution in [2.75, 3.05) is 21.3 Å². The number of nitrogens with zero attached hydrogens (tertiary/aromatic N) is 1. The van der Waals surface area contributed by atoms with Crippen LogP contribution in [-0.2, 0) is 11.3 Å². The summed E-state index contributed by atoms with van der Waals surface area (Å²) in [5, 5.41) is 1.51. The Labute approximate surface area is 206 Å². The van der Waals surface area contributed by atoms with Gasteiger partial charge in [0.1, 0.15) is 6.61 Å². The van der Waals surface area contributed by atoms with Gasteiger partial charge in [0, 0.05) is 10.9 Å². The van der Waals surface area contributed by atoms with Gasteiger partial charge in [-0.2, -0.15) is 0 Å². The fourth-order valence-corrected chi connectivity index (χ4v) is 3.90. The zero-order valence-electron chi connectivity index (χ0n) is 18.7. The lowest BCUT2D eigenvalue weighted by atomic mass is 10.0. The predicted molar refractivity (Wildman–Crippen MR) is 132 cm³/mol. The molecule has 0 saturated carbocycles. The number of ether oxygens (including phenoxy) is 4. The first-order valence-electron chi connectivity index (χ1n) is 10.3. The molecule has 0 amide bonds. The highest BCUT2D eigenvalue weighted by Crippen LogP contribution is 2.41. The third kappa shape index (κ3) is 4.74. The lowest BCUT2D eigenvalue weighted by Crippen LogP contribution is -2.07. The van der Waals surface area contributed by atoms with Gasteiger partial charge in [0.05, 0.1) is 48.1 Å². The maximum atomic E-state index is 13.1. The Bertz CT molecular complexity index is 1350. The van der Waals surface area contributed by atoms with Gasteiger partial charge in [-0.15, -0.1) is 0 Å². The van der Waals surface area contributed by atoms with Crippen molar-refractivity contribution in [3.8, 4) is 28.5 Å². The molecule has 34 heavy (non-hydrogen) atoms. The van der Waals surface area contributed by atoms with E-state index < -0.39 is 5.97 Å². The lowest BCUT2D eigenvalue weighted by Gasteiger charge is -2.15. The summed E-state index contributed by atoms with van der Waals surface area (Å²) < 4.78 is 21.9. The first-order valence-corrected chi connectivity index (χ1v) is 11.0. The summed E-state index contributed by atoms with van der Waals surface area (Å²) in [6, 6.07) is 17.7. The zero-order valence-corrected chi connectivity index (χ0v) is 20.2. The molecule has 174 valence electrons. The number of hydrogen-bond acceptors (Lipinski definition) is 6. The molecule has 4 aromatic rings. The Morgan fingerprint density at radius 2 is 1.56 bits per heavy atom. The van der Waals surface area contributed by atoms with E-state index >= 15 is 0 Å². The highest BCUT2D eigenvalue weighted by Gasteiger charge is 2.19. The van der Waals surface area contributed by atoms with Crippen molar-refractivity contribution in [2.45, 2.75) is 6.61 Å². The summed E-state index contributed by atoms with van der Waals surface area (Å²) >= 11 is 12.0. The van der Waals surface area contributed by atoms with E-state index in [0.29, 0.717) is 55.0 Å². The Kier molecular flexibility index (Phi) is 7.10. The molecule has 0 unspecified atom stereocenters. The highest BCUT2D eigenvalue weighted by molar-refractivity contribution is 6.42. The molecule has 4 rings (SSSR count). The number of rotatable bonds is 7. The van der Waals surface area contributed by atoms with Crippen LogP contribution >= 0.6 is 23.2 Å².